The molecule has 3 rings (SSSR count). The molecule has 1 aliphatic heterocycles. The number of rotatable bonds is 2. The van der Waals surface area contributed by atoms with E-state index in [4.69, 9.17) is 0 Å². The number of hydrogen-bond donors (Lipinski definition) is 0. The molecule has 0 unspecified atom stereocenters. The van der Waals surface area contributed by atoms with Crippen molar-refractivity contribution in [2.75, 3.05) is 13.1 Å². The van der Waals surface area contributed by atoms with Crippen LogP contribution in [0.4, 0.5) is 0 Å². The fourth-order valence-corrected chi connectivity index (χ4v) is 4.95. The lowest BCUT2D eigenvalue weighted by Crippen LogP contribution is -2.31. The minimum absolute atomic E-state index is 0.294. The van der Waals surface area contributed by atoms with Gasteiger partial charge < -0.3 is 0 Å². The van der Waals surface area contributed by atoms with Gasteiger partial charge in [-0.25, -0.2) is 8.42 Å². The molecule has 0 radical (unpaired) electrons. The van der Waals surface area contributed by atoms with Crippen LogP contribution in [0.2, 0.25) is 0 Å². The molecule has 0 aromatic heterocycles. The second-order valence-corrected chi connectivity index (χ2v) is 7.55. The van der Waals surface area contributed by atoms with Crippen LogP contribution in [0.25, 0.3) is 0 Å². The summed E-state index contributed by atoms with van der Waals surface area (Å²) in [7, 11) is -3.27. The van der Waals surface area contributed by atoms with Crippen molar-refractivity contribution >= 4 is 10.0 Å². The van der Waals surface area contributed by atoms with Crippen molar-refractivity contribution in [2.24, 2.45) is 5.41 Å². The van der Waals surface area contributed by atoms with Crippen molar-refractivity contribution in [1.82, 2.24) is 4.31 Å². The standard InChI is InChI=1S/C14H19NO2S/c16-18(17,13-6-2-1-3-7-13)15-11-10-14(12-15)8-4-5-9-14/h1-3,6-7H,4-5,8-12H2. The summed E-state index contributed by atoms with van der Waals surface area (Å²) in [5.74, 6) is 0. The Morgan fingerprint density at radius 2 is 1.67 bits per heavy atom. The van der Waals surface area contributed by atoms with E-state index in [0.717, 1.165) is 13.0 Å². The molecule has 98 valence electrons. The number of hydrogen-bond acceptors (Lipinski definition) is 2. The zero-order chi connectivity index (χ0) is 12.6. The Bertz CT molecular complexity index is 518. The summed E-state index contributed by atoms with van der Waals surface area (Å²) in [5.41, 5.74) is 0.294. The van der Waals surface area contributed by atoms with Crippen LogP contribution in [0, 0.1) is 5.41 Å². The van der Waals surface area contributed by atoms with Gasteiger partial charge in [0, 0.05) is 13.1 Å². The summed E-state index contributed by atoms with van der Waals surface area (Å²) < 4.78 is 26.7. The average Bonchev–Trinajstić information content (AvgIpc) is 3.02. The molecule has 1 heterocycles. The Hall–Kier alpha value is -0.870. The van der Waals surface area contributed by atoms with Gasteiger partial charge in [0.2, 0.25) is 10.0 Å². The molecule has 2 aliphatic rings. The molecular formula is C14H19NO2S. The van der Waals surface area contributed by atoms with Crippen molar-refractivity contribution in [2.45, 2.75) is 37.0 Å². The van der Waals surface area contributed by atoms with Gasteiger partial charge in [-0.1, -0.05) is 31.0 Å². The minimum atomic E-state index is -3.27. The van der Waals surface area contributed by atoms with Crippen LogP contribution in [-0.2, 0) is 10.0 Å². The van der Waals surface area contributed by atoms with Gasteiger partial charge >= 0.3 is 0 Å². The number of benzene rings is 1. The first-order valence-corrected chi connectivity index (χ1v) is 8.12. The van der Waals surface area contributed by atoms with E-state index in [1.165, 1.54) is 25.7 Å². The molecule has 0 amide bonds. The molecule has 1 aromatic carbocycles. The Balaban J connectivity index is 1.84. The second-order valence-electron chi connectivity index (χ2n) is 5.61. The van der Waals surface area contributed by atoms with Gasteiger partial charge in [-0.05, 0) is 36.8 Å². The predicted molar refractivity (Wildman–Crippen MR) is 70.7 cm³/mol. The molecule has 0 atom stereocenters. The normalized spacial score (nSPS) is 23.8. The molecule has 1 aliphatic carbocycles. The van der Waals surface area contributed by atoms with E-state index >= 15 is 0 Å². The molecule has 1 spiro atoms. The monoisotopic (exact) mass is 265 g/mol. The third kappa shape index (κ3) is 1.97. The van der Waals surface area contributed by atoms with Crippen LogP contribution in [0.15, 0.2) is 35.2 Å². The Kier molecular flexibility index (Phi) is 2.94. The number of sulfonamides is 1. The van der Waals surface area contributed by atoms with Gasteiger partial charge in [0.05, 0.1) is 4.90 Å². The zero-order valence-electron chi connectivity index (χ0n) is 10.5. The maximum Gasteiger partial charge on any atom is 0.243 e. The summed E-state index contributed by atoms with van der Waals surface area (Å²) >= 11 is 0. The van der Waals surface area contributed by atoms with Gasteiger partial charge in [0.15, 0.2) is 0 Å². The van der Waals surface area contributed by atoms with E-state index in [-0.39, 0.29) is 0 Å². The first kappa shape index (κ1) is 12.2. The largest absolute Gasteiger partial charge is 0.243 e. The summed E-state index contributed by atoms with van der Waals surface area (Å²) in [5, 5.41) is 0. The lowest BCUT2D eigenvalue weighted by atomic mass is 9.86. The topological polar surface area (TPSA) is 37.4 Å². The maximum atomic E-state index is 12.5. The van der Waals surface area contributed by atoms with E-state index in [0.29, 0.717) is 16.9 Å². The van der Waals surface area contributed by atoms with Gasteiger partial charge in [-0.15, -0.1) is 0 Å². The molecule has 4 heteroatoms. The first-order chi connectivity index (χ1) is 8.62. The summed E-state index contributed by atoms with van der Waals surface area (Å²) in [6.45, 7) is 1.42. The van der Waals surface area contributed by atoms with Gasteiger partial charge in [0.1, 0.15) is 0 Å². The van der Waals surface area contributed by atoms with E-state index in [9.17, 15) is 8.42 Å². The zero-order valence-corrected chi connectivity index (χ0v) is 11.3. The smallest absolute Gasteiger partial charge is 0.207 e. The van der Waals surface area contributed by atoms with Crippen LogP contribution in [0.3, 0.4) is 0 Å². The molecule has 0 bridgehead atoms. The molecule has 1 saturated carbocycles. The van der Waals surface area contributed by atoms with Gasteiger partial charge in [-0.3, -0.25) is 0 Å². The van der Waals surface area contributed by atoms with Crippen molar-refractivity contribution < 1.29 is 8.42 Å². The van der Waals surface area contributed by atoms with Gasteiger partial charge in [0.25, 0.3) is 0 Å². The highest BCUT2D eigenvalue weighted by atomic mass is 32.2. The minimum Gasteiger partial charge on any atom is -0.207 e. The summed E-state index contributed by atoms with van der Waals surface area (Å²) in [4.78, 5) is 0.431. The Labute approximate surface area is 109 Å². The molecular weight excluding hydrogens is 246 g/mol. The van der Waals surface area contributed by atoms with Crippen molar-refractivity contribution in [1.29, 1.82) is 0 Å². The maximum absolute atomic E-state index is 12.5. The van der Waals surface area contributed by atoms with E-state index in [1.54, 1.807) is 28.6 Å². The lowest BCUT2D eigenvalue weighted by molar-refractivity contribution is 0.313. The third-order valence-electron chi connectivity index (χ3n) is 4.45. The van der Waals surface area contributed by atoms with E-state index < -0.39 is 10.0 Å². The predicted octanol–water partition coefficient (Wildman–Crippen LogP) is 2.64. The molecule has 18 heavy (non-hydrogen) atoms. The van der Waals surface area contributed by atoms with Gasteiger partial charge in [-0.2, -0.15) is 4.31 Å². The molecule has 1 saturated heterocycles. The summed E-state index contributed by atoms with van der Waals surface area (Å²) in [6.07, 6.45) is 5.97. The fourth-order valence-electron chi connectivity index (χ4n) is 3.37. The molecule has 0 N–H and O–H groups in total. The Morgan fingerprint density at radius 3 is 2.33 bits per heavy atom. The van der Waals surface area contributed by atoms with E-state index in [1.807, 2.05) is 6.07 Å². The first-order valence-electron chi connectivity index (χ1n) is 6.68. The van der Waals surface area contributed by atoms with Crippen molar-refractivity contribution in [3.63, 3.8) is 0 Å². The lowest BCUT2D eigenvalue weighted by Gasteiger charge is -2.23. The van der Waals surface area contributed by atoms with Crippen molar-refractivity contribution in [3.05, 3.63) is 30.3 Å². The van der Waals surface area contributed by atoms with Crippen LogP contribution < -0.4 is 0 Å². The highest BCUT2D eigenvalue weighted by Crippen LogP contribution is 2.46. The quantitative estimate of drug-likeness (QED) is 0.824. The SMILES string of the molecule is O=S(=O)(c1ccccc1)N1CCC2(CCCC2)C1. The second kappa shape index (κ2) is 4.35. The van der Waals surface area contributed by atoms with Crippen LogP contribution >= 0.6 is 0 Å². The summed E-state index contributed by atoms with van der Waals surface area (Å²) in [6, 6.07) is 8.80. The van der Waals surface area contributed by atoms with Crippen LogP contribution in [-0.4, -0.2) is 25.8 Å². The highest BCUT2D eigenvalue weighted by Gasteiger charge is 2.44. The Morgan fingerprint density at radius 1 is 1.00 bits per heavy atom. The average molecular weight is 265 g/mol. The number of nitrogens with zero attached hydrogens (tertiary/aromatic N) is 1. The van der Waals surface area contributed by atoms with Crippen LogP contribution in [0.1, 0.15) is 32.1 Å². The third-order valence-corrected chi connectivity index (χ3v) is 6.31. The molecule has 3 nitrogen and oxygen atoms in total. The fraction of sp³-hybridized carbons (Fsp3) is 0.571. The molecule has 1 aromatic rings. The van der Waals surface area contributed by atoms with Crippen molar-refractivity contribution in [3.8, 4) is 0 Å². The van der Waals surface area contributed by atoms with E-state index in [2.05, 4.69) is 0 Å². The highest BCUT2D eigenvalue weighted by molar-refractivity contribution is 7.89. The van der Waals surface area contributed by atoms with Crippen LogP contribution in [0.5, 0.6) is 0 Å². The molecule has 2 fully saturated rings.